The van der Waals surface area contributed by atoms with Crippen LogP contribution in [-0.2, 0) is 5.41 Å². The first-order chi connectivity index (χ1) is 6.51. The Morgan fingerprint density at radius 1 is 1.36 bits per heavy atom. The van der Waals surface area contributed by atoms with E-state index in [1.165, 1.54) is 9.13 Å². The van der Waals surface area contributed by atoms with Crippen molar-refractivity contribution in [2.75, 3.05) is 7.11 Å². The van der Waals surface area contributed by atoms with Crippen LogP contribution in [0.25, 0.3) is 0 Å². The van der Waals surface area contributed by atoms with Crippen molar-refractivity contribution in [3.05, 3.63) is 27.3 Å². The third-order valence-corrected chi connectivity index (χ3v) is 3.66. The largest absolute Gasteiger partial charge is 0.496 e. The summed E-state index contributed by atoms with van der Waals surface area (Å²) in [7, 11) is 1.71. The van der Waals surface area contributed by atoms with Crippen molar-refractivity contribution >= 4 is 22.6 Å². The molecule has 1 rings (SSSR count). The molecule has 0 aromatic heterocycles. The third-order valence-electron chi connectivity index (χ3n) is 2.82. The van der Waals surface area contributed by atoms with Crippen LogP contribution in [0.4, 0.5) is 0 Å². The number of rotatable bonds is 3. The molecule has 0 unspecified atom stereocenters. The maximum Gasteiger partial charge on any atom is 0.132 e. The molecule has 0 N–H and O–H groups in total. The Hall–Kier alpha value is -0.250. The molecule has 1 nitrogen and oxygen atoms in total. The molecule has 14 heavy (non-hydrogen) atoms. The molecular weight excluding hydrogens is 287 g/mol. The lowest BCUT2D eigenvalue weighted by molar-refractivity contribution is 0.410. The highest BCUT2D eigenvalue weighted by Gasteiger charge is 2.18. The number of ether oxygens (including phenoxy) is 1. The second kappa shape index (κ2) is 4.51. The van der Waals surface area contributed by atoms with E-state index < -0.39 is 0 Å². The Kier molecular flexibility index (Phi) is 3.81. The van der Waals surface area contributed by atoms with Gasteiger partial charge in [0.15, 0.2) is 0 Å². The molecule has 0 aliphatic rings. The highest BCUT2D eigenvalue weighted by molar-refractivity contribution is 14.1. The van der Waals surface area contributed by atoms with Crippen LogP contribution in [0.15, 0.2) is 18.2 Å². The quantitative estimate of drug-likeness (QED) is 0.767. The van der Waals surface area contributed by atoms with Crippen LogP contribution in [-0.4, -0.2) is 7.11 Å². The van der Waals surface area contributed by atoms with Crippen molar-refractivity contribution in [1.29, 1.82) is 0 Å². The summed E-state index contributed by atoms with van der Waals surface area (Å²) in [4.78, 5) is 0. The summed E-state index contributed by atoms with van der Waals surface area (Å²) in [5, 5.41) is 0. The van der Waals surface area contributed by atoms with E-state index in [9.17, 15) is 0 Å². The third kappa shape index (κ3) is 2.41. The number of methoxy groups -OCH3 is 1. The van der Waals surface area contributed by atoms with Crippen molar-refractivity contribution in [2.45, 2.75) is 32.6 Å². The minimum Gasteiger partial charge on any atom is -0.496 e. The normalized spacial score (nSPS) is 11.5. The second-order valence-electron chi connectivity index (χ2n) is 4.09. The fourth-order valence-corrected chi connectivity index (χ4v) is 2.03. The van der Waals surface area contributed by atoms with Crippen LogP contribution in [0, 0.1) is 3.57 Å². The van der Waals surface area contributed by atoms with Gasteiger partial charge in [-0.15, -0.1) is 0 Å². The number of hydrogen-bond donors (Lipinski definition) is 0. The Morgan fingerprint density at radius 3 is 2.43 bits per heavy atom. The van der Waals surface area contributed by atoms with Gasteiger partial charge in [0.05, 0.1) is 10.7 Å². The Balaban J connectivity index is 3.08. The van der Waals surface area contributed by atoms with Crippen LogP contribution in [0.3, 0.4) is 0 Å². The van der Waals surface area contributed by atoms with E-state index in [0.717, 1.165) is 12.2 Å². The molecule has 0 fully saturated rings. The van der Waals surface area contributed by atoms with Gasteiger partial charge in [-0.2, -0.15) is 0 Å². The summed E-state index contributed by atoms with van der Waals surface area (Å²) < 4.78 is 6.42. The Labute approximate surface area is 100.0 Å². The van der Waals surface area contributed by atoms with E-state index in [4.69, 9.17) is 4.74 Å². The molecule has 0 bridgehead atoms. The van der Waals surface area contributed by atoms with E-state index in [0.29, 0.717) is 0 Å². The zero-order valence-corrected chi connectivity index (χ0v) is 11.4. The molecule has 0 atom stereocenters. The highest BCUT2D eigenvalue weighted by atomic mass is 127. The van der Waals surface area contributed by atoms with Gasteiger partial charge in [0.2, 0.25) is 0 Å². The van der Waals surface area contributed by atoms with Crippen LogP contribution < -0.4 is 4.74 Å². The molecule has 0 saturated carbocycles. The van der Waals surface area contributed by atoms with Gasteiger partial charge in [-0.25, -0.2) is 0 Å². The first kappa shape index (κ1) is 11.8. The van der Waals surface area contributed by atoms with Crippen LogP contribution in [0.2, 0.25) is 0 Å². The van der Waals surface area contributed by atoms with Crippen molar-refractivity contribution in [3.63, 3.8) is 0 Å². The highest BCUT2D eigenvalue weighted by Crippen LogP contribution is 2.31. The minimum atomic E-state index is 0.256. The molecule has 0 amide bonds. The number of benzene rings is 1. The molecule has 0 aliphatic carbocycles. The van der Waals surface area contributed by atoms with Gasteiger partial charge in [-0.3, -0.25) is 0 Å². The second-order valence-corrected chi connectivity index (χ2v) is 5.25. The molecule has 1 aromatic rings. The van der Waals surface area contributed by atoms with Crippen LogP contribution in [0.5, 0.6) is 5.75 Å². The molecule has 0 saturated heterocycles. The summed E-state index contributed by atoms with van der Waals surface area (Å²) in [6.07, 6.45) is 1.15. The van der Waals surface area contributed by atoms with E-state index in [1.54, 1.807) is 7.11 Å². The number of hydrogen-bond acceptors (Lipinski definition) is 1. The minimum absolute atomic E-state index is 0.256. The SMILES string of the molecule is CCC(C)(C)c1ccc(OC)c(I)c1. The lowest BCUT2D eigenvalue weighted by Gasteiger charge is -2.23. The molecular formula is C12H17IO. The Bertz CT molecular complexity index is 318. The van der Waals surface area contributed by atoms with Crippen molar-refractivity contribution in [1.82, 2.24) is 0 Å². The van der Waals surface area contributed by atoms with Gasteiger partial charge in [0.25, 0.3) is 0 Å². The maximum absolute atomic E-state index is 5.24. The predicted octanol–water partition coefficient (Wildman–Crippen LogP) is 3.99. The monoisotopic (exact) mass is 304 g/mol. The maximum atomic E-state index is 5.24. The molecule has 2 heteroatoms. The average Bonchev–Trinajstić information content (AvgIpc) is 2.17. The molecule has 0 heterocycles. The lowest BCUT2D eigenvalue weighted by atomic mass is 9.82. The summed E-state index contributed by atoms with van der Waals surface area (Å²) in [5.41, 5.74) is 1.64. The van der Waals surface area contributed by atoms with Crippen LogP contribution in [0.1, 0.15) is 32.8 Å². The van der Waals surface area contributed by atoms with Crippen molar-refractivity contribution in [3.8, 4) is 5.75 Å². The first-order valence-electron chi connectivity index (χ1n) is 4.85. The van der Waals surface area contributed by atoms with E-state index >= 15 is 0 Å². The first-order valence-corrected chi connectivity index (χ1v) is 5.93. The van der Waals surface area contributed by atoms with Crippen LogP contribution >= 0.6 is 22.6 Å². The zero-order valence-electron chi connectivity index (χ0n) is 9.23. The number of halogens is 1. The average molecular weight is 304 g/mol. The molecule has 1 aromatic carbocycles. The van der Waals surface area contributed by atoms with Gasteiger partial charge < -0.3 is 4.74 Å². The standard InChI is InChI=1S/C12H17IO/c1-5-12(2,3)9-6-7-11(14-4)10(13)8-9/h6-8H,5H2,1-4H3. The van der Waals surface area contributed by atoms with Gasteiger partial charge >= 0.3 is 0 Å². The van der Waals surface area contributed by atoms with Gasteiger partial charge in [-0.1, -0.05) is 26.8 Å². The smallest absolute Gasteiger partial charge is 0.132 e. The lowest BCUT2D eigenvalue weighted by Crippen LogP contribution is -2.15. The Morgan fingerprint density at radius 2 is 2.00 bits per heavy atom. The molecule has 78 valence electrons. The van der Waals surface area contributed by atoms with Gasteiger partial charge in [-0.05, 0) is 52.1 Å². The summed E-state index contributed by atoms with van der Waals surface area (Å²) in [5.74, 6) is 0.959. The van der Waals surface area contributed by atoms with Gasteiger partial charge in [0, 0.05) is 0 Å². The van der Waals surface area contributed by atoms with E-state index in [2.05, 4.69) is 61.6 Å². The molecule has 0 aliphatic heterocycles. The summed E-state index contributed by atoms with van der Waals surface area (Å²) in [6.45, 7) is 6.76. The zero-order chi connectivity index (χ0) is 10.8. The van der Waals surface area contributed by atoms with Gasteiger partial charge in [0.1, 0.15) is 5.75 Å². The fraction of sp³-hybridized carbons (Fsp3) is 0.500. The fourth-order valence-electron chi connectivity index (χ4n) is 1.29. The molecule has 0 radical (unpaired) electrons. The summed E-state index contributed by atoms with van der Waals surface area (Å²) >= 11 is 2.32. The topological polar surface area (TPSA) is 9.23 Å². The van der Waals surface area contributed by atoms with Crippen molar-refractivity contribution < 1.29 is 4.74 Å². The summed E-state index contributed by atoms with van der Waals surface area (Å²) in [6, 6.07) is 6.42. The van der Waals surface area contributed by atoms with Crippen molar-refractivity contribution in [2.24, 2.45) is 0 Å². The van der Waals surface area contributed by atoms with E-state index in [-0.39, 0.29) is 5.41 Å². The van der Waals surface area contributed by atoms with E-state index in [1.807, 2.05) is 0 Å². The molecule has 0 spiro atoms. The predicted molar refractivity (Wildman–Crippen MR) is 69.0 cm³/mol.